The van der Waals surface area contributed by atoms with Gasteiger partial charge in [-0.3, -0.25) is 0 Å². The van der Waals surface area contributed by atoms with E-state index in [0.717, 1.165) is 84.6 Å². The fourth-order valence-corrected chi connectivity index (χ4v) is 6.03. The van der Waals surface area contributed by atoms with E-state index in [0.29, 0.717) is 17.8 Å². The minimum absolute atomic E-state index is 0.238. The number of hydrogen-bond acceptors (Lipinski definition) is 9. The van der Waals surface area contributed by atoms with Crippen molar-refractivity contribution in [2.24, 2.45) is 0 Å². The summed E-state index contributed by atoms with van der Waals surface area (Å²) in [5.41, 5.74) is 12.0. The van der Waals surface area contributed by atoms with Gasteiger partial charge in [0.15, 0.2) is 5.65 Å². The second kappa shape index (κ2) is 13.1. The molecule has 0 atom stereocenters. The van der Waals surface area contributed by atoms with Crippen LogP contribution in [0.4, 0.5) is 15.8 Å². The van der Waals surface area contributed by atoms with E-state index in [1.807, 2.05) is 65.1 Å². The predicted octanol–water partition coefficient (Wildman–Crippen LogP) is 8.65. The summed E-state index contributed by atoms with van der Waals surface area (Å²) in [7, 11) is 0. The van der Waals surface area contributed by atoms with Crippen LogP contribution < -0.4 is 5.32 Å². The number of aryl methyl sites for hydroxylation is 5. The van der Waals surface area contributed by atoms with Crippen molar-refractivity contribution in [3.8, 4) is 28.5 Å². The van der Waals surface area contributed by atoms with Crippen LogP contribution >= 0.6 is 0 Å². The first kappa shape index (κ1) is 32.0. The lowest BCUT2D eigenvalue weighted by Gasteiger charge is -2.08. The Bertz CT molecular complexity index is 2500. The molecule has 0 aliphatic heterocycles. The van der Waals surface area contributed by atoms with Gasteiger partial charge in [0.25, 0.3) is 0 Å². The molecule has 0 aliphatic carbocycles. The van der Waals surface area contributed by atoms with Gasteiger partial charge in [0.2, 0.25) is 0 Å². The maximum atomic E-state index is 13.1. The van der Waals surface area contributed by atoms with Gasteiger partial charge in [0, 0.05) is 35.8 Å². The van der Waals surface area contributed by atoms with Gasteiger partial charge >= 0.3 is 0 Å². The number of nitrogens with zero attached hydrogens (tertiary/aromatic N) is 7. The lowest BCUT2D eigenvalue weighted by atomic mass is 10.1. The molecule has 0 aliphatic rings. The van der Waals surface area contributed by atoms with Crippen molar-refractivity contribution >= 4 is 33.6 Å². The van der Waals surface area contributed by atoms with Crippen molar-refractivity contribution in [3.63, 3.8) is 0 Å². The zero-order valence-corrected chi connectivity index (χ0v) is 28.0. The molecule has 0 spiro atoms. The Morgan fingerprint density at radius 2 is 1.62 bits per heavy atom. The molecule has 11 nitrogen and oxygen atoms in total. The van der Waals surface area contributed by atoms with E-state index in [4.69, 9.17) is 19.3 Å². The van der Waals surface area contributed by atoms with Crippen LogP contribution in [0.25, 0.3) is 44.6 Å². The third-order valence-electron chi connectivity index (χ3n) is 8.45. The fraction of sp³-hybridized carbons (Fsp3) is 0.158. The Labute approximate surface area is 286 Å². The average molecular weight is 666 g/mol. The predicted molar refractivity (Wildman–Crippen MR) is 188 cm³/mol. The van der Waals surface area contributed by atoms with E-state index < -0.39 is 0 Å². The van der Waals surface area contributed by atoms with Gasteiger partial charge in [-0.15, -0.1) is 0 Å². The number of H-pyrrole nitrogens is 1. The summed E-state index contributed by atoms with van der Waals surface area (Å²) in [4.78, 5) is 17.0. The van der Waals surface area contributed by atoms with Crippen LogP contribution in [0.1, 0.15) is 39.9 Å². The third kappa shape index (κ3) is 6.20. The van der Waals surface area contributed by atoms with Crippen molar-refractivity contribution < 1.29 is 13.4 Å². The fourth-order valence-electron chi connectivity index (χ4n) is 6.03. The number of aromatic amines is 1. The van der Waals surface area contributed by atoms with Gasteiger partial charge in [0.05, 0.1) is 51.0 Å². The van der Waals surface area contributed by atoms with Crippen LogP contribution in [0.15, 0.2) is 88.2 Å². The maximum absolute atomic E-state index is 13.1. The second-order valence-corrected chi connectivity index (χ2v) is 11.9. The first-order chi connectivity index (χ1) is 24.2. The molecule has 8 aromatic rings. The first-order valence-corrected chi connectivity index (χ1v) is 15.9. The number of hydrogen-bond donors (Lipinski definition) is 2. The van der Waals surface area contributed by atoms with Crippen molar-refractivity contribution in [1.29, 1.82) is 5.26 Å². The molecular weight excluding hydrogens is 633 g/mol. The topological polar surface area (TPSA) is 147 Å². The summed E-state index contributed by atoms with van der Waals surface area (Å²) in [5.74, 6) is 2.14. The van der Waals surface area contributed by atoms with Gasteiger partial charge in [-0.2, -0.15) is 5.26 Å². The number of benzene rings is 2. The van der Waals surface area contributed by atoms with E-state index in [9.17, 15) is 4.39 Å². The van der Waals surface area contributed by atoms with Crippen molar-refractivity contribution in [2.75, 3.05) is 5.32 Å². The lowest BCUT2D eigenvalue weighted by molar-refractivity contribution is 0.393. The molecule has 2 aromatic carbocycles. The highest BCUT2D eigenvalue weighted by Gasteiger charge is 2.17. The van der Waals surface area contributed by atoms with Crippen molar-refractivity contribution in [3.05, 3.63) is 125 Å². The van der Waals surface area contributed by atoms with Gasteiger partial charge in [-0.1, -0.05) is 28.5 Å². The Kier molecular flexibility index (Phi) is 8.39. The second-order valence-electron chi connectivity index (χ2n) is 11.9. The summed E-state index contributed by atoms with van der Waals surface area (Å²) in [6.45, 7) is 10.1. The zero-order valence-electron chi connectivity index (χ0n) is 28.0. The molecule has 2 N–H and O–H groups in total. The Hall–Kier alpha value is -6.61. The highest BCUT2D eigenvalue weighted by atomic mass is 19.1. The lowest BCUT2D eigenvalue weighted by Crippen LogP contribution is -2.02. The maximum Gasteiger partial charge on any atom is 0.177 e. The smallest absolute Gasteiger partial charge is 0.177 e. The number of imidazole rings is 1. The summed E-state index contributed by atoms with van der Waals surface area (Å²) < 4.78 is 25.7. The molecule has 0 bridgehead atoms. The number of nitriles is 1. The molecule has 6 aromatic heterocycles. The molecule has 50 heavy (non-hydrogen) atoms. The standard InChI is InChI=1S/C19H17FN4O.C19H15N5O/c1-11-18(12(2)25-23-11)15-8-17-19(21-9-15)22-13(3)24(17)10-14-4-6-16(20)7-5-14;1-11-18(12(2)25-24-11)15-6-7-16-19(23-15)17(10-21-16)22-14-5-3-4-13(8-14)9-20/h4-9H,10H2,1-3H3;3-8,10,21-22H,1-2H3. The van der Waals surface area contributed by atoms with Crippen LogP contribution in [-0.4, -0.2) is 34.8 Å². The summed E-state index contributed by atoms with van der Waals surface area (Å²) >= 11 is 0. The van der Waals surface area contributed by atoms with Gasteiger partial charge in [0.1, 0.15) is 28.7 Å². The van der Waals surface area contributed by atoms with E-state index >= 15 is 0 Å². The van der Waals surface area contributed by atoms with Crippen LogP contribution in [0.2, 0.25) is 0 Å². The quantitative estimate of drug-likeness (QED) is 0.178. The molecular formula is C38H32FN9O2. The summed E-state index contributed by atoms with van der Waals surface area (Å²) in [6, 6.07) is 22.0. The number of rotatable bonds is 6. The van der Waals surface area contributed by atoms with E-state index in [1.165, 1.54) is 12.1 Å². The molecule has 6 heterocycles. The number of halogens is 1. The number of nitrogens with one attached hydrogen (secondary N) is 2. The normalized spacial score (nSPS) is 11.1. The highest BCUT2D eigenvalue weighted by Crippen LogP contribution is 2.31. The molecule has 0 saturated carbocycles. The molecule has 0 radical (unpaired) electrons. The minimum Gasteiger partial charge on any atom is -0.361 e. The van der Waals surface area contributed by atoms with Crippen LogP contribution in [0, 0.1) is 51.8 Å². The van der Waals surface area contributed by atoms with Crippen LogP contribution in [-0.2, 0) is 6.54 Å². The zero-order chi connectivity index (χ0) is 34.9. The van der Waals surface area contributed by atoms with Gasteiger partial charge in [-0.05, 0) is 88.7 Å². The van der Waals surface area contributed by atoms with E-state index in [-0.39, 0.29) is 5.82 Å². The number of aromatic nitrogens is 7. The van der Waals surface area contributed by atoms with E-state index in [1.54, 1.807) is 30.5 Å². The number of fused-ring (bicyclic) bond motifs is 2. The number of anilines is 2. The Morgan fingerprint density at radius 3 is 2.32 bits per heavy atom. The SMILES string of the molecule is Cc1noc(C)c1-c1ccc2[nH]cc(Nc3cccc(C#N)c3)c2n1.Cc1noc(C)c1-c1cnc2nc(C)n(Cc3ccc(F)cc3)c2c1. The average Bonchev–Trinajstić information content (AvgIpc) is 3.86. The summed E-state index contributed by atoms with van der Waals surface area (Å²) in [5, 5.41) is 20.4. The number of pyridine rings is 2. The third-order valence-corrected chi connectivity index (χ3v) is 8.45. The minimum atomic E-state index is -0.238. The van der Waals surface area contributed by atoms with Gasteiger partial charge in [-0.25, -0.2) is 19.3 Å². The van der Waals surface area contributed by atoms with Crippen LogP contribution in [0.5, 0.6) is 0 Å². The van der Waals surface area contributed by atoms with E-state index in [2.05, 4.69) is 47.3 Å². The molecule has 0 unspecified atom stereocenters. The van der Waals surface area contributed by atoms with Crippen molar-refractivity contribution in [2.45, 2.75) is 41.2 Å². The molecule has 0 fully saturated rings. The molecule has 8 rings (SSSR count). The van der Waals surface area contributed by atoms with Gasteiger partial charge < -0.3 is 23.9 Å². The first-order valence-electron chi connectivity index (χ1n) is 15.9. The molecule has 0 amide bonds. The van der Waals surface area contributed by atoms with Crippen molar-refractivity contribution in [1.82, 2.24) is 34.8 Å². The summed E-state index contributed by atoms with van der Waals surface area (Å²) in [6.07, 6.45) is 3.66. The monoisotopic (exact) mass is 665 g/mol. The molecule has 12 heteroatoms. The molecule has 0 saturated heterocycles. The highest BCUT2D eigenvalue weighted by molar-refractivity contribution is 5.92. The Morgan fingerprint density at radius 1 is 0.880 bits per heavy atom. The van der Waals surface area contributed by atoms with Crippen LogP contribution in [0.3, 0.4) is 0 Å². The largest absolute Gasteiger partial charge is 0.361 e. The molecule has 248 valence electrons. The Balaban J connectivity index is 0.000000157.